The molecule has 0 saturated heterocycles. The monoisotopic (exact) mass is 369 g/mol. The molecule has 4 rings (SSSR count). The van der Waals surface area contributed by atoms with Gasteiger partial charge in [-0.15, -0.1) is 0 Å². The van der Waals surface area contributed by atoms with Crippen LogP contribution in [0.5, 0.6) is 0 Å². The van der Waals surface area contributed by atoms with Crippen molar-refractivity contribution in [3.8, 4) is 0 Å². The molecule has 0 bridgehead atoms. The largest absolute Gasteiger partial charge is 0.340 e. The number of amides is 3. The molecule has 3 N–H and O–H groups in total. The Morgan fingerprint density at radius 3 is 2.44 bits per heavy atom. The van der Waals surface area contributed by atoms with Gasteiger partial charge in [-0.3, -0.25) is 4.79 Å². The van der Waals surface area contributed by atoms with Crippen molar-refractivity contribution < 1.29 is 14.1 Å². The smallest absolute Gasteiger partial charge is 0.319 e. The van der Waals surface area contributed by atoms with Crippen molar-refractivity contribution in [2.24, 2.45) is 0 Å². The highest BCUT2D eigenvalue weighted by atomic mass is 16.5. The van der Waals surface area contributed by atoms with E-state index in [0.29, 0.717) is 29.0 Å². The van der Waals surface area contributed by atoms with Crippen LogP contribution in [0, 0.1) is 6.92 Å². The Morgan fingerprint density at radius 2 is 1.85 bits per heavy atom. The topological polar surface area (TPSA) is 109 Å². The first kappa shape index (κ1) is 17.5. The van der Waals surface area contributed by atoms with E-state index in [0.717, 1.165) is 38.5 Å². The summed E-state index contributed by atoms with van der Waals surface area (Å²) in [4.78, 5) is 28.9. The van der Waals surface area contributed by atoms with Crippen LogP contribution in [0.2, 0.25) is 0 Å². The van der Waals surface area contributed by atoms with Crippen LogP contribution in [0.15, 0.2) is 28.8 Å². The fraction of sp³-hybridized carbons (Fsp3) is 0.474. The Morgan fingerprint density at radius 1 is 1.15 bits per heavy atom. The van der Waals surface area contributed by atoms with Crippen molar-refractivity contribution in [1.29, 1.82) is 0 Å². The summed E-state index contributed by atoms with van der Waals surface area (Å²) >= 11 is 0. The lowest BCUT2D eigenvalue weighted by atomic mass is 9.96. The Labute approximate surface area is 157 Å². The quantitative estimate of drug-likeness (QED) is 0.751. The number of rotatable bonds is 5. The molecule has 2 fully saturated rings. The SMILES string of the molecule is Cc1nc(C2(NC(=O)c3ccc(NC(=O)NC4CC4)cc3)CCCC2)no1. The number of nitrogens with one attached hydrogen (secondary N) is 3. The fourth-order valence-corrected chi connectivity index (χ4v) is 3.45. The molecule has 0 radical (unpaired) electrons. The van der Waals surface area contributed by atoms with Gasteiger partial charge in [-0.1, -0.05) is 18.0 Å². The van der Waals surface area contributed by atoms with E-state index in [4.69, 9.17) is 4.52 Å². The van der Waals surface area contributed by atoms with Crippen molar-refractivity contribution in [3.05, 3.63) is 41.5 Å². The van der Waals surface area contributed by atoms with Gasteiger partial charge in [0.1, 0.15) is 5.54 Å². The third-order valence-electron chi connectivity index (χ3n) is 5.08. The maximum absolute atomic E-state index is 12.8. The molecule has 142 valence electrons. The first-order valence-corrected chi connectivity index (χ1v) is 9.35. The average Bonchev–Trinajstić information content (AvgIpc) is 3.14. The zero-order valence-corrected chi connectivity index (χ0v) is 15.2. The van der Waals surface area contributed by atoms with Crippen molar-refractivity contribution >= 4 is 17.6 Å². The van der Waals surface area contributed by atoms with E-state index >= 15 is 0 Å². The molecule has 8 nitrogen and oxygen atoms in total. The van der Waals surface area contributed by atoms with E-state index < -0.39 is 5.54 Å². The number of hydrogen-bond acceptors (Lipinski definition) is 5. The van der Waals surface area contributed by atoms with E-state index in [1.807, 2.05) is 0 Å². The molecular formula is C19H23N5O3. The number of urea groups is 1. The summed E-state index contributed by atoms with van der Waals surface area (Å²) in [5.41, 5.74) is 0.597. The van der Waals surface area contributed by atoms with Crippen LogP contribution in [0.25, 0.3) is 0 Å². The van der Waals surface area contributed by atoms with Gasteiger partial charge in [0, 0.05) is 24.2 Å². The van der Waals surface area contributed by atoms with E-state index in [1.165, 1.54) is 0 Å². The van der Waals surface area contributed by atoms with E-state index in [-0.39, 0.29) is 11.9 Å². The summed E-state index contributed by atoms with van der Waals surface area (Å²) < 4.78 is 5.12. The van der Waals surface area contributed by atoms with E-state index in [2.05, 4.69) is 26.1 Å². The first-order valence-electron chi connectivity index (χ1n) is 9.35. The van der Waals surface area contributed by atoms with E-state index in [9.17, 15) is 9.59 Å². The normalized spacial score (nSPS) is 18.1. The van der Waals surface area contributed by atoms with Gasteiger partial charge in [0.15, 0.2) is 5.82 Å². The number of hydrogen-bond donors (Lipinski definition) is 3. The Kier molecular flexibility index (Phi) is 4.55. The molecule has 2 aliphatic rings. The highest BCUT2D eigenvalue weighted by Crippen LogP contribution is 2.37. The molecule has 27 heavy (non-hydrogen) atoms. The fourth-order valence-electron chi connectivity index (χ4n) is 3.45. The molecule has 8 heteroatoms. The van der Waals surface area contributed by atoms with Gasteiger partial charge in [0.25, 0.3) is 5.91 Å². The number of aromatic nitrogens is 2. The van der Waals surface area contributed by atoms with Crippen LogP contribution in [0.1, 0.15) is 60.6 Å². The highest BCUT2D eigenvalue weighted by molar-refractivity contribution is 5.96. The Hall–Kier alpha value is -2.90. The van der Waals surface area contributed by atoms with Crippen LogP contribution >= 0.6 is 0 Å². The number of carbonyl (C=O) groups excluding carboxylic acids is 2. The van der Waals surface area contributed by atoms with Crippen LogP contribution in [0.3, 0.4) is 0 Å². The summed E-state index contributed by atoms with van der Waals surface area (Å²) in [6.45, 7) is 1.74. The van der Waals surface area contributed by atoms with Crippen LogP contribution in [-0.4, -0.2) is 28.1 Å². The number of carbonyl (C=O) groups is 2. The second kappa shape index (κ2) is 7.02. The molecule has 3 amide bonds. The second-order valence-electron chi connectivity index (χ2n) is 7.33. The minimum absolute atomic E-state index is 0.187. The van der Waals surface area contributed by atoms with Gasteiger partial charge in [0.2, 0.25) is 5.89 Å². The molecule has 1 aromatic carbocycles. The molecular weight excluding hydrogens is 346 g/mol. The minimum Gasteiger partial charge on any atom is -0.340 e. The summed E-state index contributed by atoms with van der Waals surface area (Å²) in [7, 11) is 0. The summed E-state index contributed by atoms with van der Waals surface area (Å²) in [5.74, 6) is 0.847. The van der Waals surface area contributed by atoms with Gasteiger partial charge in [-0.05, 0) is 49.9 Å². The predicted molar refractivity (Wildman–Crippen MR) is 98.3 cm³/mol. The zero-order chi connectivity index (χ0) is 18.9. The number of benzene rings is 1. The standard InChI is InChI=1S/C19H23N5O3/c1-12-20-17(24-27-12)19(10-2-3-11-19)23-16(25)13-4-6-14(7-5-13)21-18(26)22-15-8-9-15/h4-7,15H,2-3,8-11H2,1H3,(H,23,25)(H2,21,22,26). The number of nitrogens with zero attached hydrogens (tertiary/aromatic N) is 2. The van der Waals surface area contributed by atoms with Crippen LogP contribution in [-0.2, 0) is 5.54 Å². The Balaban J connectivity index is 1.43. The number of aryl methyl sites for hydroxylation is 1. The second-order valence-corrected chi connectivity index (χ2v) is 7.33. The van der Waals surface area contributed by atoms with Crippen molar-refractivity contribution in [2.45, 2.75) is 57.0 Å². The average molecular weight is 369 g/mol. The van der Waals surface area contributed by atoms with Crippen molar-refractivity contribution in [3.63, 3.8) is 0 Å². The van der Waals surface area contributed by atoms with Gasteiger partial charge >= 0.3 is 6.03 Å². The van der Waals surface area contributed by atoms with Crippen LogP contribution < -0.4 is 16.0 Å². The molecule has 2 saturated carbocycles. The molecule has 1 heterocycles. The molecule has 0 unspecified atom stereocenters. The van der Waals surface area contributed by atoms with Crippen molar-refractivity contribution in [2.75, 3.05) is 5.32 Å². The molecule has 0 atom stereocenters. The van der Waals surface area contributed by atoms with Gasteiger partial charge in [-0.2, -0.15) is 4.98 Å². The maximum Gasteiger partial charge on any atom is 0.319 e. The highest BCUT2D eigenvalue weighted by Gasteiger charge is 2.41. The van der Waals surface area contributed by atoms with Crippen molar-refractivity contribution in [1.82, 2.24) is 20.8 Å². The lowest BCUT2D eigenvalue weighted by molar-refractivity contribution is 0.0892. The summed E-state index contributed by atoms with van der Waals surface area (Å²) in [5, 5.41) is 12.8. The first-order chi connectivity index (χ1) is 13.0. The summed E-state index contributed by atoms with van der Waals surface area (Å²) in [6, 6.07) is 6.93. The Bertz CT molecular complexity index is 835. The predicted octanol–water partition coefficient (Wildman–Crippen LogP) is 2.86. The zero-order valence-electron chi connectivity index (χ0n) is 15.2. The molecule has 2 aliphatic carbocycles. The number of anilines is 1. The van der Waals surface area contributed by atoms with Gasteiger partial charge < -0.3 is 20.5 Å². The molecule has 0 aliphatic heterocycles. The third kappa shape index (κ3) is 3.94. The lowest BCUT2D eigenvalue weighted by Crippen LogP contribution is -2.44. The van der Waals surface area contributed by atoms with Gasteiger partial charge in [-0.25, -0.2) is 4.79 Å². The third-order valence-corrected chi connectivity index (χ3v) is 5.08. The lowest BCUT2D eigenvalue weighted by Gasteiger charge is -2.26. The van der Waals surface area contributed by atoms with Crippen LogP contribution in [0.4, 0.5) is 10.5 Å². The molecule has 1 aromatic heterocycles. The van der Waals surface area contributed by atoms with E-state index in [1.54, 1.807) is 31.2 Å². The maximum atomic E-state index is 12.8. The molecule has 0 spiro atoms. The van der Waals surface area contributed by atoms with Gasteiger partial charge in [0.05, 0.1) is 0 Å². The minimum atomic E-state index is -0.573. The molecule has 2 aromatic rings. The summed E-state index contributed by atoms with van der Waals surface area (Å²) in [6.07, 6.45) is 5.67.